The number of carbonyl (C=O) groups is 2. The van der Waals surface area contributed by atoms with Crippen LogP contribution in [0.3, 0.4) is 0 Å². The summed E-state index contributed by atoms with van der Waals surface area (Å²) in [6.07, 6.45) is 0.380. The number of sulfone groups is 1. The second-order valence-electron chi connectivity index (χ2n) is 4.85. The number of imide groups is 1. The molecular formula is C12H21N3O4S3. The lowest BCUT2D eigenvalue weighted by atomic mass is 10.3. The van der Waals surface area contributed by atoms with Crippen LogP contribution in [0.2, 0.25) is 0 Å². The van der Waals surface area contributed by atoms with Crippen molar-refractivity contribution >= 4 is 50.1 Å². The Labute approximate surface area is 140 Å². The van der Waals surface area contributed by atoms with Gasteiger partial charge in [0.05, 0.1) is 17.3 Å². The van der Waals surface area contributed by atoms with E-state index >= 15 is 0 Å². The van der Waals surface area contributed by atoms with Crippen molar-refractivity contribution in [3.05, 3.63) is 0 Å². The largest absolute Gasteiger partial charge is 0.358 e. The minimum Gasteiger partial charge on any atom is -0.358 e. The van der Waals surface area contributed by atoms with Gasteiger partial charge in [-0.15, -0.1) is 0 Å². The van der Waals surface area contributed by atoms with Gasteiger partial charge in [0.15, 0.2) is 9.84 Å². The van der Waals surface area contributed by atoms with Gasteiger partial charge in [-0.05, 0) is 20.3 Å². The van der Waals surface area contributed by atoms with Crippen LogP contribution in [0.1, 0.15) is 20.3 Å². The third kappa shape index (κ3) is 6.49. The third-order valence-corrected chi connectivity index (χ3v) is 6.46. The Hall–Kier alpha value is -0.870. The highest BCUT2D eigenvalue weighted by molar-refractivity contribution is 8.23. The van der Waals surface area contributed by atoms with E-state index in [-0.39, 0.29) is 17.3 Å². The zero-order chi connectivity index (χ0) is 16.8. The van der Waals surface area contributed by atoms with Crippen LogP contribution in [0, 0.1) is 0 Å². The van der Waals surface area contributed by atoms with Gasteiger partial charge in [-0.3, -0.25) is 10.1 Å². The lowest BCUT2D eigenvalue weighted by molar-refractivity contribution is -0.117. The van der Waals surface area contributed by atoms with E-state index in [1.165, 1.54) is 11.8 Å². The molecule has 7 nitrogen and oxygen atoms in total. The summed E-state index contributed by atoms with van der Waals surface area (Å²) in [5, 5.41) is 4.68. The van der Waals surface area contributed by atoms with Gasteiger partial charge in [-0.1, -0.05) is 24.0 Å². The fourth-order valence-electron chi connectivity index (χ4n) is 1.99. The predicted octanol–water partition coefficient (Wildman–Crippen LogP) is 0.359. The number of thioether (sulfide) groups is 1. The summed E-state index contributed by atoms with van der Waals surface area (Å²) in [6.45, 7) is 5.47. The van der Waals surface area contributed by atoms with Crippen molar-refractivity contribution in [2.45, 2.75) is 26.3 Å². The Kier molecular flexibility index (Phi) is 7.57. The van der Waals surface area contributed by atoms with E-state index < -0.39 is 27.8 Å². The number of carbonyl (C=O) groups excluding carboxylic acids is 2. The van der Waals surface area contributed by atoms with Crippen molar-refractivity contribution in [3.8, 4) is 0 Å². The molecule has 0 spiro atoms. The minimum absolute atomic E-state index is 0.0473. The summed E-state index contributed by atoms with van der Waals surface area (Å²) in [6, 6.07) is -1.09. The molecule has 1 saturated heterocycles. The molecule has 0 aromatic carbocycles. The molecule has 22 heavy (non-hydrogen) atoms. The van der Waals surface area contributed by atoms with E-state index in [9.17, 15) is 18.0 Å². The molecule has 1 fully saturated rings. The van der Waals surface area contributed by atoms with E-state index in [1.807, 2.05) is 18.7 Å². The Bertz CT molecular complexity index is 532. The monoisotopic (exact) mass is 367 g/mol. The second kappa shape index (κ2) is 8.68. The van der Waals surface area contributed by atoms with Gasteiger partial charge in [-0.25, -0.2) is 13.2 Å². The number of urea groups is 1. The van der Waals surface area contributed by atoms with Crippen LogP contribution in [0.25, 0.3) is 0 Å². The van der Waals surface area contributed by atoms with Crippen molar-refractivity contribution in [2.75, 3.05) is 30.3 Å². The van der Waals surface area contributed by atoms with Gasteiger partial charge < -0.3 is 10.2 Å². The molecule has 0 unspecified atom stereocenters. The highest BCUT2D eigenvalue weighted by Crippen LogP contribution is 2.11. The van der Waals surface area contributed by atoms with Crippen LogP contribution < -0.4 is 10.6 Å². The molecule has 126 valence electrons. The number of amides is 3. The Balaban J connectivity index is 2.30. The molecule has 1 aliphatic heterocycles. The van der Waals surface area contributed by atoms with Crippen molar-refractivity contribution in [1.29, 1.82) is 0 Å². The first-order valence-corrected chi connectivity index (χ1v) is 10.2. The van der Waals surface area contributed by atoms with Gasteiger partial charge in [0.25, 0.3) is 0 Å². The summed E-state index contributed by atoms with van der Waals surface area (Å²) in [4.78, 5) is 25.2. The average Bonchev–Trinajstić information content (AvgIpc) is 2.76. The number of hydrogen-bond donors (Lipinski definition) is 2. The summed E-state index contributed by atoms with van der Waals surface area (Å²) in [7, 11) is -3.06. The molecule has 1 rings (SSSR count). The Morgan fingerprint density at radius 3 is 2.45 bits per heavy atom. The van der Waals surface area contributed by atoms with Gasteiger partial charge in [0, 0.05) is 19.1 Å². The zero-order valence-electron chi connectivity index (χ0n) is 12.6. The van der Waals surface area contributed by atoms with Crippen molar-refractivity contribution in [3.63, 3.8) is 0 Å². The molecule has 2 N–H and O–H groups in total. The number of hydrogen-bond acceptors (Lipinski definition) is 6. The van der Waals surface area contributed by atoms with Crippen LogP contribution in [-0.2, 0) is 14.6 Å². The van der Waals surface area contributed by atoms with E-state index in [0.717, 1.165) is 13.1 Å². The quantitative estimate of drug-likeness (QED) is 0.677. The third-order valence-electron chi connectivity index (χ3n) is 3.17. The molecule has 0 aromatic rings. The van der Waals surface area contributed by atoms with Crippen LogP contribution in [0.4, 0.5) is 4.79 Å². The molecule has 0 aliphatic carbocycles. The van der Waals surface area contributed by atoms with E-state index in [4.69, 9.17) is 12.2 Å². The first-order chi connectivity index (χ1) is 10.3. The highest BCUT2D eigenvalue weighted by Gasteiger charge is 2.29. The lowest BCUT2D eigenvalue weighted by Crippen LogP contribution is -2.45. The molecule has 10 heteroatoms. The number of rotatable bonds is 5. The summed E-state index contributed by atoms with van der Waals surface area (Å²) in [5.41, 5.74) is 0. The maximum atomic E-state index is 11.7. The molecule has 0 radical (unpaired) electrons. The van der Waals surface area contributed by atoms with Gasteiger partial charge in [-0.2, -0.15) is 0 Å². The fraction of sp³-hybridized carbons (Fsp3) is 0.750. The highest BCUT2D eigenvalue weighted by atomic mass is 32.2. The molecular weight excluding hydrogens is 346 g/mol. The molecule has 3 amide bonds. The summed E-state index contributed by atoms with van der Waals surface area (Å²) < 4.78 is 23.2. The van der Waals surface area contributed by atoms with E-state index in [2.05, 4.69) is 10.6 Å². The first-order valence-electron chi connectivity index (χ1n) is 6.99. The molecule has 1 heterocycles. The average molecular weight is 368 g/mol. The van der Waals surface area contributed by atoms with Crippen LogP contribution in [0.5, 0.6) is 0 Å². The van der Waals surface area contributed by atoms with E-state index in [0.29, 0.717) is 10.7 Å². The van der Waals surface area contributed by atoms with Gasteiger partial charge in [0.2, 0.25) is 5.91 Å². The normalized spacial score (nSPS) is 19.5. The van der Waals surface area contributed by atoms with E-state index in [1.54, 1.807) is 0 Å². The van der Waals surface area contributed by atoms with Crippen molar-refractivity contribution in [2.24, 2.45) is 0 Å². The molecule has 0 aromatic heterocycles. The van der Waals surface area contributed by atoms with Gasteiger partial charge >= 0.3 is 6.03 Å². The van der Waals surface area contributed by atoms with Crippen LogP contribution >= 0.6 is 24.0 Å². The van der Waals surface area contributed by atoms with Crippen molar-refractivity contribution < 1.29 is 18.0 Å². The van der Waals surface area contributed by atoms with Crippen LogP contribution in [0.15, 0.2) is 0 Å². The van der Waals surface area contributed by atoms with Gasteiger partial charge in [0.1, 0.15) is 4.32 Å². The topological polar surface area (TPSA) is 95.6 Å². The number of thiocarbonyl (C=S) groups is 1. The molecule has 0 bridgehead atoms. The minimum atomic E-state index is -3.06. The predicted molar refractivity (Wildman–Crippen MR) is 91.7 cm³/mol. The van der Waals surface area contributed by atoms with Crippen LogP contribution in [-0.4, -0.2) is 66.0 Å². The maximum absolute atomic E-state index is 11.7. The molecule has 1 atom stereocenters. The molecule has 0 saturated carbocycles. The summed E-state index contributed by atoms with van der Waals surface area (Å²) in [5.74, 6) is -0.418. The number of nitrogens with zero attached hydrogens (tertiary/aromatic N) is 1. The second-order valence-corrected chi connectivity index (χ2v) is 8.69. The smallest absolute Gasteiger partial charge is 0.321 e. The standard InChI is InChI=1S/C12H21N3O4S3/c1-3-15(4-2)12(20)21-7-10(16)14-11(17)13-9-5-6-22(18,19)8-9/h9H,3-8H2,1-2H3,(H2,13,14,16,17)/t9-/m0/s1. The Morgan fingerprint density at radius 1 is 1.32 bits per heavy atom. The first kappa shape index (κ1) is 19.2. The fourth-order valence-corrected chi connectivity index (χ4v) is 4.87. The Morgan fingerprint density at radius 2 is 1.95 bits per heavy atom. The van der Waals surface area contributed by atoms with Crippen molar-refractivity contribution in [1.82, 2.24) is 15.5 Å². The maximum Gasteiger partial charge on any atom is 0.321 e. The summed E-state index contributed by atoms with van der Waals surface area (Å²) >= 11 is 6.38. The lowest BCUT2D eigenvalue weighted by Gasteiger charge is -2.20. The number of nitrogens with one attached hydrogen (secondary N) is 2. The zero-order valence-corrected chi connectivity index (χ0v) is 15.1. The molecule has 1 aliphatic rings. The SMILES string of the molecule is CCN(CC)C(=S)SCC(=O)NC(=O)N[C@H]1CCS(=O)(=O)C1.